The minimum atomic E-state index is -0.139. The lowest BCUT2D eigenvalue weighted by atomic mass is 10.2. The maximum Gasteiger partial charge on any atom is 0.235 e. The zero-order chi connectivity index (χ0) is 14.8. The van der Waals surface area contributed by atoms with Gasteiger partial charge in [0.15, 0.2) is 0 Å². The van der Waals surface area contributed by atoms with Crippen LogP contribution in [0.3, 0.4) is 0 Å². The topological polar surface area (TPSA) is 37.4 Å². The van der Waals surface area contributed by atoms with Gasteiger partial charge in [0.25, 0.3) is 0 Å². The van der Waals surface area contributed by atoms with Crippen LogP contribution in [0.2, 0.25) is 0 Å². The molecule has 21 heavy (non-hydrogen) atoms. The van der Waals surface area contributed by atoms with E-state index in [0.717, 1.165) is 10.6 Å². The Labute approximate surface area is 132 Å². The highest BCUT2D eigenvalue weighted by atomic mass is 32.2. The number of hydrogen-bond donors (Lipinski definition) is 0. The number of hydrogen-bond acceptors (Lipinski definition) is 4. The molecule has 0 aliphatic carbocycles. The molecule has 1 unspecified atom stereocenters. The molecule has 2 amide bonds. The minimum Gasteiger partial charge on any atom is -0.274 e. The van der Waals surface area contributed by atoms with E-state index < -0.39 is 0 Å². The summed E-state index contributed by atoms with van der Waals surface area (Å²) in [6.07, 6.45) is 0.681. The number of imide groups is 1. The van der Waals surface area contributed by atoms with Gasteiger partial charge in [-0.3, -0.25) is 9.59 Å². The van der Waals surface area contributed by atoms with Crippen molar-refractivity contribution in [3.8, 4) is 0 Å². The summed E-state index contributed by atoms with van der Waals surface area (Å²) in [5.41, 5.74) is 0.721. The number of thiophene rings is 1. The standard InChI is InChI=1S/C16H15NO2S2/c1-2-15(18)17-11-6-3-4-7-12(11)21-14(10-16(17)19)13-8-5-9-20-13/h3-9,14H,2,10H2,1H3. The van der Waals surface area contributed by atoms with Crippen molar-refractivity contribution in [2.24, 2.45) is 0 Å². The fourth-order valence-electron chi connectivity index (χ4n) is 2.39. The van der Waals surface area contributed by atoms with Crippen molar-refractivity contribution in [2.75, 3.05) is 4.90 Å². The van der Waals surface area contributed by atoms with Gasteiger partial charge in [-0.25, -0.2) is 4.90 Å². The number of nitrogens with zero attached hydrogens (tertiary/aromatic N) is 1. The summed E-state index contributed by atoms with van der Waals surface area (Å²) in [4.78, 5) is 28.3. The molecule has 1 aromatic carbocycles. The van der Waals surface area contributed by atoms with E-state index >= 15 is 0 Å². The first-order chi connectivity index (χ1) is 10.2. The van der Waals surface area contributed by atoms with E-state index in [1.807, 2.05) is 35.7 Å². The Morgan fingerprint density at radius 1 is 1.29 bits per heavy atom. The van der Waals surface area contributed by atoms with E-state index in [0.29, 0.717) is 12.8 Å². The Kier molecular flexibility index (Phi) is 4.12. The molecular weight excluding hydrogens is 302 g/mol. The summed E-state index contributed by atoms with van der Waals surface area (Å²) in [5, 5.41) is 2.10. The highest BCUT2D eigenvalue weighted by molar-refractivity contribution is 7.99. The lowest BCUT2D eigenvalue weighted by molar-refractivity contribution is -0.126. The lowest BCUT2D eigenvalue weighted by Crippen LogP contribution is -2.36. The highest BCUT2D eigenvalue weighted by Gasteiger charge is 2.32. The lowest BCUT2D eigenvalue weighted by Gasteiger charge is -2.19. The second-order valence-corrected chi connectivity index (χ2v) is 6.99. The molecular formula is C16H15NO2S2. The highest BCUT2D eigenvalue weighted by Crippen LogP contribution is 2.46. The predicted molar refractivity (Wildman–Crippen MR) is 86.8 cm³/mol. The zero-order valence-corrected chi connectivity index (χ0v) is 13.2. The molecule has 0 fully saturated rings. The molecule has 3 nitrogen and oxygen atoms in total. The molecule has 2 heterocycles. The van der Waals surface area contributed by atoms with Gasteiger partial charge in [0.1, 0.15) is 0 Å². The van der Waals surface area contributed by atoms with E-state index in [-0.39, 0.29) is 17.1 Å². The van der Waals surface area contributed by atoms with Crippen LogP contribution in [0.1, 0.15) is 29.9 Å². The number of anilines is 1. The summed E-state index contributed by atoms with van der Waals surface area (Å²) >= 11 is 3.32. The van der Waals surface area contributed by atoms with Crippen molar-refractivity contribution in [1.82, 2.24) is 0 Å². The fourth-order valence-corrected chi connectivity index (χ4v) is 4.57. The van der Waals surface area contributed by atoms with Gasteiger partial charge < -0.3 is 0 Å². The Morgan fingerprint density at radius 2 is 2.10 bits per heavy atom. The number of para-hydroxylation sites is 1. The van der Waals surface area contributed by atoms with Gasteiger partial charge in [-0.2, -0.15) is 0 Å². The smallest absolute Gasteiger partial charge is 0.235 e. The molecule has 5 heteroatoms. The molecule has 0 spiro atoms. The Bertz CT molecular complexity index is 667. The molecule has 1 aliphatic heterocycles. The fraction of sp³-hybridized carbons (Fsp3) is 0.250. The van der Waals surface area contributed by atoms with Gasteiger partial charge in [0.05, 0.1) is 10.9 Å². The van der Waals surface area contributed by atoms with Crippen LogP contribution in [-0.4, -0.2) is 11.8 Å². The molecule has 108 valence electrons. The monoisotopic (exact) mass is 317 g/mol. The van der Waals surface area contributed by atoms with Gasteiger partial charge in [-0.05, 0) is 23.6 Å². The minimum absolute atomic E-state index is 0.0771. The Balaban J connectivity index is 2.05. The maximum absolute atomic E-state index is 12.6. The van der Waals surface area contributed by atoms with E-state index in [1.54, 1.807) is 30.0 Å². The van der Waals surface area contributed by atoms with E-state index in [1.165, 1.54) is 9.78 Å². The summed E-state index contributed by atoms with van der Waals surface area (Å²) in [6.45, 7) is 1.78. The third-order valence-corrected chi connectivity index (χ3v) is 5.84. The molecule has 0 radical (unpaired) electrons. The number of rotatable bonds is 2. The molecule has 1 aliphatic rings. The van der Waals surface area contributed by atoms with Crippen molar-refractivity contribution >= 4 is 40.6 Å². The van der Waals surface area contributed by atoms with Crippen LogP contribution in [-0.2, 0) is 9.59 Å². The largest absolute Gasteiger partial charge is 0.274 e. The first-order valence-corrected chi connectivity index (χ1v) is 8.61. The quantitative estimate of drug-likeness (QED) is 0.831. The van der Waals surface area contributed by atoms with Crippen LogP contribution in [0.4, 0.5) is 5.69 Å². The summed E-state index contributed by atoms with van der Waals surface area (Å²) in [7, 11) is 0. The van der Waals surface area contributed by atoms with Crippen LogP contribution >= 0.6 is 23.1 Å². The van der Waals surface area contributed by atoms with Crippen LogP contribution in [0.15, 0.2) is 46.7 Å². The second kappa shape index (κ2) is 6.03. The Morgan fingerprint density at radius 3 is 2.81 bits per heavy atom. The van der Waals surface area contributed by atoms with Crippen molar-refractivity contribution in [3.63, 3.8) is 0 Å². The summed E-state index contributed by atoms with van der Waals surface area (Å²) < 4.78 is 0. The van der Waals surface area contributed by atoms with Gasteiger partial charge >= 0.3 is 0 Å². The predicted octanol–water partition coefficient (Wildman–Crippen LogP) is 4.25. The molecule has 0 bridgehead atoms. The molecule has 0 saturated heterocycles. The average Bonchev–Trinajstić information content (AvgIpc) is 2.97. The zero-order valence-electron chi connectivity index (χ0n) is 11.6. The summed E-state index contributed by atoms with van der Waals surface area (Å²) in [6, 6.07) is 11.7. The van der Waals surface area contributed by atoms with Crippen LogP contribution in [0.25, 0.3) is 0 Å². The number of carbonyl (C=O) groups excluding carboxylic acids is 2. The first-order valence-electron chi connectivity index (χ1n) is 6.85. The molecule has 2 aromatic rings. The van der Waals surface area contributed by atoms with Gasteiger partial charge in [0, 0.05) is 22.6 Å². The number of thioether (sulfide) groups is 1. The number of benzene rings is 1. The SMILES string of the molecule is CCC(=O)N1C(=O)CC(c2cccs2)Sc2ccccc21. The van der Waals surface area contributed by atoms with E-state index in [9.17, 15) is 9.59 Å². The molecule has 0 N–H and O–H groups in total. The van der Waals surface area contributed by atoms with Crippen LogP contribution < -0.4 is 4.90 Å². The normalized spacial score (nSPS) is 18.2. The van der Waals surface area contributed by atoms with E-state index in [2.05, 4.69) is 6.07 Å². The van der Waals surface area contributed by atoms with Crippen LogP contribution in [0, 0.1) is 0 Å². The number of amides is 2. The summed E-state index contributed by atoms with van der Waals surface area (Å²) in [5.74, 6) is -0.252. The Hall–Kier alpha value is -1.59. The van der Waals surface area contributed by atoms with Gasteiger partial charge in [0.2, 0.25) is 11.8 Å². The first kappa shape index (κ1) is 14.4. The van der Waals surface area contributed by atoms with Crippen molar-refractivity contribution < 1.29 is 9.59 Å². The van der Waals surface area contributed by atoms with Gasteiger partial charge in [-0.1, -0.05) is 25.1 Å². The van der Waals surface area contributed by atoms with Crippen molar-refractivity contribution in [1.29, 1.82) is 0 Å². The molecule has 3 rings (SSSR count). The molecule has 1 atom stereocenters. The third kappa shape index (κ3) is 2.76. The molecule has 1 aromatic heterocycles. The maximum atomic E-state index is 12.6. The van der Waals surface area contributed by atoms with Gasteiger partial charge in [-0.15, -0.1) is 23.1 Å². The van der Waals surface area contributed by atoms with Crippen molar-refractivity contribution in [2.45, 2.75) is 29.9 Å². The third-order valence-electron chi connectivity index (χ3n) is 3.40. The van der Waals surface area contributed by atoms with Crippen LogP contribution in [0.5, 0.6) is 0 Å². The van der Waals surface area contributed by atoms with Crippen molar-refractivity contribution in [3.05, 3.63) is 46.7 Å². The average molecular weight is 317 g/mol. The second-order valence-electron chi connectivity index (χ2n) is 4.77. The molecule has 0 saturated carbocycles. The number of carbonyl (C=O) groups is 2. The van der Waals surface area contributed by atoms with E-state index in [4.69, 9.17) is 0 Å². The number of fused-ring (bicyclic) bond motifs is 1.